The van der Waals surface area contributed by atoms with E-state index in [1.165, 1.54) is 0 Å². The zero-order valence-corrected chi connectivity index (χ0v) is 12.6. The molecule has 0 saturated carbocycles. The maximum absolute atomic E-state index is 12.2. The summed E-state index contributed by atoms with van der Waals surface area (Å²) in [6, 6.07) is 11.0. The average Bonchev–Trinajstić information content (AvgIpc) is 2.63. The summed E-state index contributed by atoms with van der Waals surface area (Å²) in [6.45, 7) is 2.09. The van der Waals surface area contributed by atoms with Crippen LogP contribution in [0, 0.1) is 0 Å². The van der Waals surface area contributed by atoms with E-state index in [9.17, 15) is 4.79 Å². The lowest BCUT2D eigenvalue weighted by molar-refractivity contribution is 0.0527. The molecule has 0 aromatic carbocycles. The molecule has 0 amide bonds. The van der Waals surface area contributed by atoms with Crippen molar-refractivity contribution in [2.75, 3.05) is 6.61 Å². The first kappa shape index (κ1) is 14.8. The van der Waals surface area contributed by atoms with Gasteiger partial charge in [-0.2, -0.15) is 0 Å². The number of aromatic nitrogens is 3. The van der Waals surface area contributed by atoms with Crippen LogP contribution in [0.2, 0.25) is 0 Å². The molecule has 3 heterocycles. The highest BCUT2D eigenvalue weighted by molar-refractivity contribution is 5.96. The van der Waals surface area contributed by atoms with Crippen LogP contribution in [0.25, 0.3) is 22.5 Å². The molecule has 114 valence electrons. The Kier molecular flexibility index (Phi) is 4.38. The smallest absolute Gasteiger partial charge is 0.340 e. The Balaban J connectivity index is 2.13. The number of ether oxygens (including phenoxy) is 1. The summed E-state index contributed by atoms with van der Waals surface area (Å²) in [5, 5.41) is 0. The maximum atomic E-state index is 12.2. The van der Waals surface area contributed by atoms with E-state index in [1.54, 1.807) is 43.8 Å². The van der Waals surface area contributed by atoms with Gasteiger partial charge in [-0.05, 0) is 43.3 Å². The molecule has 0 unspecified atom stereocenters. The lowest BCUT2D eigenvalue weighted by Gasteiger charge is -2.10. The Morgan fingerprint density at radius 2 is 1.70 bits per heavy atom. The van der Waals surface area contributed by atoms with Gasteiger partial charge in [-0.3, -0.25) is 9.97 Å². The monoisotopic (exact) mass is 305 g/mol. The number of rotatable bonds is 4. The Morgan fingerprint density at radius 1 is 1.00 bits per heavy atom. The van der Waals surface area contributed by atoms with Crippen LogP contribution >= 0.6 is 0 Å². The van der Waals surface area contributed by atoms with Gasteiger partial charge >= 0.3 is 5.97 Å². The molecule has 0 N–H and O–H groups in total. The van der Waals surface area contributed by atoms with Crippen molar-refractivity contribution in [3.05, 3.63) is 66.7 Å². The normalized spacial score (nSPS) is 10.3. The van der Waals surface area contributed by atoms with Crippen LogP contribution in [-0.4, -0.2) is 27.5 Å². The fraction of sp³-hybridized carbons (Fsp3) is 0.111. The van der Waals surface area contributed by atoms with Gasteiger partial charge in [0.1, 0.15) is 0 Å². The first-order chi connectivity index (χ1) is 11.3. The highest BCUT2D eigenvalue weighted by Gasteiger charge is 2.17. The molecular formula is C18H15N3O2. The molecule has 0 spiro atoms. The molecule has 0 fully saturated rings. The topological polar surface area (TPSA) is 65.0 Å². The van der Waals surface area contributed by atoms with Gasteiger partial charge in [0.15, 0.2) is 0 Å². The number of carbonyl (C=O) groups excluding carboxylic acids is 1. The lowest BCUT2D eigenvalue weighted by Crippen LogP contribution is -2.08. The summed E-state index contributed by atoms with van der Waals surface area (Å²) in [5.74, 6) is -0.392. The van der Waals surface area contributed by atoms with E-state index < -0.39 is 5.97 Å². The molecule has 3 aromatic rings. The van der Waals surface area contributed by atoms with Gasteiger partial charge in [0.05, 0.1) is 23.6 Å². The van der Waals surface area contributed by atoms with Crippen molar-refractivity contribution >= 4 is 5.97 Å². The minimum Gasteiger partial charge on any atom is -0.462 e. The molecule has 5 heteroatoms. The molecule has 0 aliphatic carbocycles. The number of hydrogen-bond donors (Lipinski definition) is 0. The summed E-state index contributed by atoms with van der Waals surface area (Å²) in [5.41, 5.74) is 3.37. The van der Waals surface area contributed by atoms with Crippen LogP contribution in [0.5, 0.6) is 0 Å². The first-order valence-electron chi connectivity index (χ1n) is 7.28. The summed E-state index contributed by atoms with van der Waals surface area (Å²) in [4.78, 5) is 25.0. The fourth-order valence-electron chi connectivity index (χ4n) is 2.23. The molecule has 0 aliphatic heterocycles. The summed E-state index contributed by atoms with van der Waals surface area (Å²) < 4.78 is 5.12. The van der Waals surface area contributed by atoms with E-state index in [0.717, 1.165) is 16.8 Å². The van der Waals surface area contributed by atoms with Gasteiger partial charge in [-0.15, -0.1) is 0 Å². The van der Waals surface area contributed by atoms with Crippen LogP contribution in [0.15, 0.2) is 61.2 Å². The van der Waals surface area contributed by atoms with Crippen LogP contribution in [0.1, 0.15) is 17.3 Å². The minimum atomic E-state index is -0.392. The van der Waals surface area contributed by atoms with Crippen molar-refractivity contribution < 1.29 is 9.53 Å². The number of nitrogens with zero attached hydrogens (tertiary/aromatic N) is 3. The molecule has 0 atom stereocenters. The van der Waals surface area contributed by atoms with Gasteiger partial charge in [0.25, 0.3) is 0 Å². The summed E-state index contributed by atoms with van der Waals surface area (Å²) in [6.07, 6.45) is 6.80. The third kappa shape index (κ3) is 3.23. The van der Waals surface area contributed by atoms with E-state index >= 15 is 0 Å². The quantitative estimate of drug-likeness (QED) is 0.691. The Morgan fingerprint density at radius 3 is 2.30 bits per heavy atom. The second kappa shape index (κ2) is 6.79. The Hall–Kier alpha value is -3.08. The molecule has 23 heavy (non-hydrogen) atoms. The summed E-state index contributed by atoms with van der Waals surface area (Å²) in [7, 11) is 0. The number of pyridine rings is 3. The zero-order valence-electron chi connectivity index (χ0n) is 12.6. The predicted molar refractivity (Wildman–Crippen MR) is 86.7 cm³/mol. The molecule has 3 aromatic heterocycles. The van der Waals surface area contributed by atoms with Gasteiger partial charge in [-0.25, -0.2) is 9.78 Å². The zero-order chi connectivity index (χ0) is 16.1. The van der Waals surface area contributed by atoms with E-state index in [2.05, 4.69) is 15.0 Å². The van der Waals surface area contributed by atoms with Gasteiger partial charge in [0.2, 0.25) is 0 Å². The standard InChI is InChI=1S/C18H15N3O2/c1-2-23-18(22)15-7-8-16(13-5-3-9-19-11-13)21-17(15)14-6-4-10-20-12-14/h3-12H,2H2,1H3. The van der Waals surface area contributed by atoms with E-state index in [0.29, 0.717) is 17.9 Å². The van der Waals surface area contributed by atoms with E-state index in [-0.39, 0.29) is 0 Å². The Bertz CT molecular complexity index is 805. The third-order valence-corrected chi connectivity index (χ3v) is 3.28. The first-order valence-corrected chi connectivity index (χ1v) is 7.28. The van der Waals surface area contributed by atoms with Crippen molar-refractivity contribution in [2.24, 2.45) is 0 Å². The summed E-state index contributed by atoms with van der Waals surface area (Å²) >= 11 is 0. The molecule has 0 aliphatic rings. The van der Waals surface area contributed by atoms with Gasteiger partial charge < -0.3 is 4.74 Å². The molecule has 0 radical (unpaired) electrons. The van der Waals surface area contributed by atoms with Crippen LogP contribution < -0.4 is 0 Å². The highest BCUT2D eigenvalue weighted by Crippen LogP contribution is 2.26. The average molecular weight is 305 g/mol. The van der Waals surface area contributed by atoms with Crippen LogP contribution in [0.3, 0.4) is 0 Å². The number of carbonyl (C=O) groups is 1. The van der Waals surface area contributed by atoms with E-state index in [1.807, 2.05) is 24.3 Å². The van der Waals surface area contributed by atoms with Crippen molar-refractivity contribution in [1.82, 2.24) is 15.0 Å². The minimum absolute atomic E-state index is 0.315. The fourth-order valence-corrected chi connectivity index (χ4v) is 2.23. The van der Waals surface area contributed by atoms with Crippen molar-refractivity contribution in [3.63, 3.8) is 0 Å². The number of hydrogen-bond acceptors (Lipinski definition) is 5. The molecule has 3 rings (SSSR count). The molecule has 0 bridgehead atoms. The van der Waals surface area contributed by atoms with Crippen LogP contribution in [-0.2, 0) is 4.74 Å². The van der Waals surface area contributed by atoms with E-state index in [4.69, 9.17) is 4.74 Å². The second-order valence-corrected chi connectivity index (χ2v) is 4.80. The lowest BCUT2D eigenvalue weighted by atomic mass is 10.1. The molecular weight excluding hydrogens is 290 g/mol. The maximum Gasteiger partial charge on any atom is 0.340 e. The number of esters is 1. The highest BCUT2D eigenvalue weighted by atomic mass is 16.5. The second-order valence-electron chi connectivity index (χ2n) is 4.80. The van der Waals surface area contributed by atoms with Gasteiger partial charge in [-0.1, -0.05) is 0 Å². The van der Waals surface area contributed by atoms with Gasteiger partial charge in [0, 0.05) is 35.9 Å². The predicted octanol–water partition coefficient (Wildman–Crippen LogP) is 3.38. The van der Waals surface area contributed by atoms with Crippen molar-refractivity contribution in [3.8, 4) is 22.5 Å². The molecule has 5 nitrogen and oxygen atoms in total. The molecule has 0 saturated heterocycles. The largest absolute Gasteiger partial charge is 0.462 e. The third-order valence-electron chi connectivity index (χ3n) is 3.28. The SMILES string of the molecule is CCOC(=O)c1ccc(-c2cccnc2)nc1-c1cccnc1. The van der Waals surface area contributed by atoms with Crippen molar-refractivity contribution in [2.45, 2.75) is 6.92 Å². The Labute approximate surface area is 134 Å². The van der Waals surface area contributed by atoms with Crippen LogP contribution in [0.4, 0.5) is 0 Å². The van der Waals surface area contributed by atoms with Crippen molar-refractivity contribution in [1.29, 1.82) is 0 Å².